The highest BCUT2D eigenvalue weighted by molar-refractivity contribution is 6.03. The Morgan fingerprint density at radius 3 is 2.36 bits per heavy atom. The van der Waals surface area contributed by atoms with Crippen LogP contribution in [-0.4, -0.2) is 53.4 Å². The van der Waals surface area contributed by atoms with Crippen molar-refractivity contribution >= 4 is 24.0 Å². The summed E-state index contributed by atoms with van der Waals surface area (Å²) in [5.41, 5.74) is 3.47. The van der Waals surface area contributed by atoms with E-state index in [1.807, 2.05) is 36.9 Å². The number of piperazine rings is 1. The molecule has 0 bridgehead atoms. The Morgan fingerprint density at radius 2 is 1.76 bits per heavy atom. The van der Waals surface area contributed by atoms with Crippen LogP contribution in [0.4, 0.5) is 11.6 Å². The van der Waals surface area contributed by atoms with Gasteiger partial charge in [0.25, 0.3) is 5.91 Å². The highest BCUT2D eigenvalue weighted by atomic mass is 16.1. The molecule has 1 aromatic heterocycles. The highest BCUT2D eigenvalue weighted by Gasteiger charge is 2.18. The molecule has 7 heteroatoms. The minimum Gasteiger partial charge on any atom is -0.342 e. The minimum atomic E-state index is -0.236. The molecule has 2 amide bonds. The maximum absolute atomic E-state index is 12.3. The van der Waals surface area contributed by atoms with Gasteiger partial charge in [-0.1, -0.05) is 6.07 Å². The van der Waals surface area contributed by atoms with Gasteiger partial charge in [0.2, 0.25) is 12.4 Å². The van der Waals surface area contributed by atoms with Gasteiger partial charge in [0.1, 0.15) is 0 Å². The number of anilines is 2. The van der Waals surface area contributed by atoms with Crippen LogP contribution in [0.15, 0.2) is 30.6 Å². The molecular formula is C18H21N5O2. The Hall–Kier alpha value is -2.96. The van der Waals surface area contributed by atoms with E-state index in [-0.39, 0.29) is 5.91 Å². The second-order valence-corrected chi connectivity index (χ2v) is 6.15. The molecule has 1 saturated heterocycles. The lowest BCUT2D eigenvalue weighted by Gasteiger charge is -2.32. The van der Waals surface area contributed by atoms with Crippen LogP contribution in [-0.2, 0) is 4.79 Å². The lowest BCUT2D eigenvalue weighted by atomic mass is 10.1. The van der Waals surface area contributed by atoms with Crippen LogP contribution in [0.5, 0.6) is 0 Å². The van der Waals surface area contributed by atoms with Gasteiger partial charge in [0.05, 0.1) is 5.56 Å². The van der Waals surface area contributed by atoms with Gasteiger partial charge in [-0.2, -0.15) is 0 Å². The number of nitrogens with one attached hydrogen (secondary N) is 1. The number of carbonyl (C=O) groups is 2. The number of aromatic nitrogens is 2. The van der Waals surface area contributed by atoms with Crippen LogP contribution in [0, 0.1) is 13.8 Å². The number of hydrogen-bond acceptors (Lipinski definition) is 5. The zero-order valence-electron chi connectivity index (χ0n) is 14.4. The van der Waals surface area contributed by atoms with Crippen molar-refractivity contribution in [1.82, 2.24) is 14.9 Å². The molecular weight excluding hydrogens is 318 g/mol. The van der Waals surface area contributed by atoms with Crippen molar-refractivity contribution in [3.05, 3.63) is 47.3 Å². The molecule has 0 unspecified atom stereocenters. The quantitative estimate of drug-likeness (QED) is 0.857. The highest BCUT2D eigenvalue weighted by Crippen LogP contribution is 2.16. The molecule has 0 aliphatic carbocycles. The Bertz CT molecular complexity index is 768. The number of hydrogen-bond donors (Lipinski definition) is 1. The van der Waals surface area contributed by atoms with Crippen LogP contribution in [0.3, 0.4) is 0 Å². The van der Waals surface area contributed by atoms with Gasteiger partial charge in [-0.25, -0.2) is 9.97 Å². The smallest absolute Gasteiger partial charge is 0.258 e. The SMILES string of the molecule is Cc1ccc(NC(=O)c2cnc(N3CCN(C=O)CC3)nc2)cc1C. The number of amides is 2. The van der Waals surface area contributed by atoms with E-state index in [0.717, 1.165) is 17.7 Å². The molecule has 1 aromatic carbocycles. The standard InChI is InChI=1S/C18H21N5O2/c1-13-3-4-16(9-14(13)2)21-17(25)15-10-19-18(20-11-15)23-7-5-22(12-24)6-8-23/h3-4,9-12H,5-8H2,1-2H3,(H,21,25). The molecule has 130 valence electrons. The molecule has 1 N–H and O–H groups in total. The average molecular weight is 339 g/mol. The molecule has 1 aliphatic heterocycles. The van der Waals surface area contributed by atoms with Crippen molar-refractivity contribution in [1.29, 1.82) is 0 Å². The molecule has 0 saturated carbocycles. The van der Waals surface area contributed by atoms with Crippen molar-refractivity contribution in [3.8, 4) is 0 Å². The molecule has 3 rings (SSSR count). The van der Waals surface area contributed by atoms with Crippen molar-refractivity contribution < 1.29 is 9.59 Å². The second-order valence-electron chi connectivity index (χ2n) is 6.15. The molecule has 1 fully saturated rings. The number of nitrogens with zero attached hydrogens (tertiary/aromatic N) is 4. The van der Waals surface area contributed by atoms with Crippen molar-refractivity contribution in [2.24, 2.45) is 0 Å². The molecule has 0 spiro atoms. The molecule has 0 atom stereocenters. The predicted octanol–water partition coefficient (Wildman–Crippen LogP) is 1.62. The first-order valence-corrected chi connectivity index (χ1v) is 8.22. The fourth-order valence-corrected chi connectivity index (χ4v) is 2.65. The van der Waals surface area contributed by atoms with E-state index < -0.39 is 0 Å². The lowest BCUT2D eigenvalue weighted by Crippen LogP contribution is -2.46. The van der Waals surface area contributed by atoms with E-state index in [4.69, 9.17) is 0 Å². The molecule has 2 aromatic rings. The molecule has 0 radical (unpaired) electrons. The zero-order valence-corrected chi connectivity index (χ0v) is 14.4. The second kappa shape index (κ2) is 7.29. The number of carbonyl (C=O) groups excluding carboxylic acids is 2. The van der Waals surface area contributed by atoms with E-state index >= 15 is 0 Å². The monoisotopic (exact) mass is 339 g/mol. The van der Waals surface area contributed by atoms with E-state index in [9.17, 15) is 9.59 Å². The average Bonchev–Trinajstić information content (AvgIpc) is 2.65. The van der Waals surface area contributed by atoms with Crippen LogP contribution in [0.2, 0.25) is 0 Å². The summed E-state index contributed by atoms with van der Waals surface area (Å²) < 4.78 is 0. The third kappa shape index (κ3) is 3.93. The summed E-state index contributed by atoms with van der Waals surface area (Å²) >= 11 is 0. The zero-order chi connectivity index (χ0) is 17.8. The normalized spacial score (nSPS) is 14.3. The first kappa shape index (κ1) is 16.9. The van der Waals surface area contributed by atoms with Gasteiger partial charge >= 0.3 is 0 Å². The summed E-state index contributed by atoms with van der Waals surface area (Å²) in [4.78, 5) is 35.4. The van der Waals surface area contributed by atoms with Crippen molar-refractivity contribution in [2.45, 2.75) is 13.8 Å². The van der Waals surface area contributed by atoms with Crippen LogP contribution in [0.25, 0.3) is 0 Å². The number of benzene rings is 1. The fourth-order valence-electron chi connectivity index (χ4n) is 2.65. The van der Waals surface area contributed by atoms with E-state index in [2.05, 4.69) is 15.3 Å². The van der Waals surface area contributed by atoms with Gasteiger partial charge in [-0.15, -0.1) is 0 Å². The summed E-state index contributed by atoms with van der Waals surface area (Å²) in [5.74, 6) is 0.342. The van der Waals surface area contributed by atoms with Crippen molar-refractivity contribution in [2.75, 3.05) is 36.4 Å². The summed E-state index contributed by atoms with van der Waals surface area (Å²) in [5, 5.41) is 2.86. The lowest BCUT2D eigenvalue weighted by molar-refractivity contribution is -0.118. The Kier molecular flexibility index (Phi) is 4.92. The van der Waals surface area contributed by atoms with Crippen LogP contribution < -0.4 is 10.2 Å². The van der Waals surface area contributed by atoms with Gasteiger partial charge in [0, 0.05) is 44.3 Å². The van der Waals surface area contributed by atoms with Gasteiger partial charge < -0.3 is 15.1 Å². The fraction of sp³-hybridized carbons (Fsp3) is 0.333. The number of rotatable bonds is 4. The van der Waals surface area contributed by atoms with E-state index in [0.29, 0.717) is 37.7 Å². The van der Waals surface area contributed by atoms with E-state index in [1.165, 1.54) is 18.0 Å². The van der Waals surface area contributed by atoms with Crippen molar-refractivity contribution in [3.63, 3.8) is 0 Å². The van der Waals surface area contributed by atoms with Crippen LogP contribution >= 0.6 is 0 Å². The van der Waals surface area contributed by atoms with Crippen LogP contribution in [0.1, 0.15) is 21.5 Å². The first-order valence-electron chi connectivity index (χ1n) is 8.22. The summed E-state index contributed by atoms with van der Waals surface area (Å²) in [6, 6.07) is 5.79. The summed E-state index contributed by atoms with van der Waals surface area (Å²) in [6.45, 7) is 6.72. The molecule has 7 nitrogen and oxygen atoms in total. The van der Waals surface area contributed by atoms with Gasteiger partial charge in [-0.3, -0.25) is 9.59 Å². The maximum atomic E-state index is 12.3. The Labute approximate surface area is 146 Å². The maximum Gasteiger partial charge on any atom is 0.258 e. The van der Waals surface area contributed by atoms with Gasteiger partial charge in [-0.05, 0) is 37.1 Å². The minimum absolute atomic E-state index is 0.236. The predicted molar refractivity (Wildman–Crippen MR) is 95.8 cm³/mol. The molecule has 2 heterocycles. The first-order chi connectivity index (χ1) is 12.1. The summed E-state index contributed by atoms with van der Waals surface area (Å²) in [6.07, 6.45) is 3.92. The third-order valence-electron chi connectivity index (χ3n) is 4.41. The Balaban J connectivity index is 1.64. The largest absolute Gasteiger partial charge is 0.342 e. The molecule has 25 heavy (non-hydrogen) atoms. The third-order valence-corrected chi connectivity index (χ3v) is 4.41. The summed E-state index contributed by atoms with van der Waals surface area (Å²) in [7, 11) is 0. The molecule has 1 aliphatic rings. The topological polar surface area (TPSA) is 78.4 Å². The van der Waals surface area contributed by atoms with E-state index in [1.54, 1.807) is 4.90 Å². The van der Waals surface area contributed by atoms with Gasteiger partial charge in [0.15, 0.2) is 0 Å². The number of aryl methyl sites for hydroxylation is 2. The Morgan fingerprint density at radius 1 is 1.08 bits per heavy atom.